The number of nitriles is 1. The van der Waals surface area contributed by atoms with Crippen LogP contribution in [-0.4, -0.2) is 56.4 Å². The molecule has 2 heterocycles. The van der Waals surface area contributed by atoms with Crippen molar-refractivity contribution >= 4 is 23.3 Å². The van der Waals surface area contributed by atoms with Gasteiger partial charge in [-0.3, -0.25) is 4.68 Å². The van der Waals surface area contributed by atoms with Gasteiger partial charge < -0.3 is 9.64 Å². The predicted octanol–water partition coefficient (Wildman–Crippen LogP) is 6.29. The minimum Gasteiger partial charge on any atom is -0.406 e. The molecule has 1 aliphatic heterocycles. The van der Waals surface area contributed by atoms with Crippen LogP contribution >= 0.6 is 11.6 Å². The highest BCUT2D eigenvalue weighted by Crippen LogP contribution is 2.34. The Morgan fingerprint density at radius 3 is 2.62 bits per heavy atom. The number of allylic oxidation sites excluding steroid dienone is 1. The van der Waals surface area contributed by atoms with Gasteiger partial charge in [0, 0.05) is 18.3 Å². The summed E-state index contributed by atoms with van der Waals surface area (Å²) in [4.78, 5) is 14.8. The number of benzene rings is 1. The summed E-state index contributed by atoms with van der Waals surface area (Å²) < 4.78 is 83.6. The fourth-order valence-corrected chi connectivity index (χ4v) is 4.55. The average Bonchev–Trinajstić information content (AvgIpc) is 3.33. The summed E-state index contributed by atoms with van der Waals surface area (Å²) in [6, 6.07) is 4.91. The quantitative estimate of drug-likeness (QED) is 0.304. The molecule has 8 nitrogen and oxygen atoms in total. The van der Waals surface area contributed by atoms with Crippen molar-refractivity contribution in [2.45, 2.75) is 43.9 Å². The number of carbonyl (C=O) groups excluding carboxylic acids is 1. The lowest BCUT2D eigenvalue weighted by molar-refractivity contribution is -0.303. The first-order valence-electron chi connectivity index (χ1n) is 11.8. The van der Waals surface area contributed by atoms with E-state index in [4.69, 9.17) is 11.6 Å². The van der Waals surface area contributed by atoms with Crippen molar-refractivity contribution in [2.75, 3.05) is 13.1 Å². The fourth-order valence-electron chi connectivity index (χ4n) is 4.41. The van der Waals surface area contributed by atoms with Crippen LogP contribution < -0.4 is 0 Å². The molecular weight excluding hydrogens is 566 g/mol. The standard InChI is InChI=1S/C25H21ClF6N6O2/c1-23(8-5-19(6-9-23)40-25(30,31)32)36(12-10-33)22(39)37-11-7-20(38-15-18(26)14-34-38)21(35-37)16-3-2-4-17(13-16)24(27,28)29/h2-6,8,13-15,20H,7,9,11-12H2,1H3. The summed E-state index contributed by atoms with van der Waals surface area (Å²) in [5, 5.41) is 19.3. The second-order valence-electron chi connectivity index (χ2n) is 9.21. The van der Waals surface area contributed by atoms with Gasteiger partial charge in [-0.25, -0.2) is 9.80 Å². The van der Waals surface area contributed by atoms with E-state index in [0.717, 1.165) is 34.2 Å². The van der Waals surface area contributed by atoms with Gasteiger partial charge in [-0.1, -0.05) is 29.8 Å². The Balaban J connectivity index is 1.69. The number of hydrogen-bond donors (Lipinski definition) is 0. The molecule has 0 saturated heterocycles. The minimum absolute atomic E-state index is 0.00341. The van der Waals surface area contributed by atoms with E-state index >= 15 is 0 Å². The van der Waals surface area contributed by atoms with Crippen molar-refractivity contribution < 1.29 is 35.9 Å². The van der Waals surface area contributed by atoms with Crippen LogP contribution in [0.25, 0.3) is 0 Å². The Hall–Kier alpha value is -3.99. The van der Waals surface area contributed by atoms with Crippen LogP contribution in [0, 0.1) is 11.3 Å². The molecule has 0 spiro atoms. The van der Waals surface area contributed by atoms with Crippen molar-refractivity contribution in [3.05, 3.63) is 76.8 Å². The van der Waals surface area contributed by atoms with Crippen LogP contribution in [0.15, 0.2) is 65.7 Å². The molecule has 4 rings (SSSR count). The molecule has 2 atom stereocenters. The number of amides is 2. The predicted molar refractivity (Wildman–Crippen MR) is 131 cm³/mol. The highest BCUT2D eigenvalue weighted by Gasteiger charge is 2.40. The number of hydrazone groups is 1. The molecule has 0 fully saturated rings. The highest BCUT2D eigenvalue weighted by atomic mass is 35.5. The molecule has 2 aromatic rings. The molecule has 40 heavy (non-hydrogen) atoms. The van der Waals surface area contributed by atoms with Gasteiger partial charge in [0.05, 0.1) is 40.1 Å². The highest BCUT2D eigenvalue weighted by molar-refractivity contribution is 6.30. The molecular formula is C25H21ClF6N6O2. The number of ether oxygens (including phenoxy) is 1. The van der Waals surface area contributed by atoms with Gasteiger partial charge in [0.15, 0.2) is 0 Å². The zero-order chi connectivity index (χ0) is 29.3. The summed E-state index contributed by atoms with van der Waals surface area (Å²) in [6.45, 7) is 1.12. The number of urea groups is 1. The molecule has 15 heteroatoms. The second kappa shape index (κ2) is 10.9. The van der Waals surface area contributed by atoms with Gasteiger partial charge in [-0.05, 0) is 44.1 Å². The first kappa shape index (κ1) is 29.0. The van der Waals surface area contributed by atoms with Crippen LogP contribution in [0.1, 0.15) is 36.9 Å². The third-order valence-electron chi connectivity index (χ3n) is 6.39. The molecule has 0 saturated carbocycles. The molecule has 1 aromatic heterocycles. The van der Waals surface area contributed by atoms with Crippen molar-refractivity contribution in [1.29, 1.82) is 5.26 Å². The topological polar surface area (TPSA) is 86.8 Å². The first-order chi connectivity index (χ1) is 18.7. The number of aromatic nitrogens is 2. The van der Waals surface area contributed by atoms with Gasteiger partial charge in [0.2, 0.25) is 0 Å². The summed E-state index contributed by atoms with van der Waals surface area (Å²) in [5.41, 5.74) is -1.93. The van der Waals surface area contributed by atoms with E-state index in [2.05, 4.69) is 14.9 Å². The lowest BCUT2D eigenvalue weighted by atomic mass is 9.91. The van der Waals surface area contributed by atoms with E-state index in [0.29, 0.717) is 5.02 Å². The zero-order valence-electron chi connectivity index (χ0n) is 20.7. The normalized spacial score (nSPS) is 21.4. The molecule has 2 aliphatic rings. The summed E-state index contributed by atoms with van der Waals surface area (Å²) in [7, 11) is 0. The van der Waals surface area contributed by atoms with E-state index in [1.807, 2.05) is 6.07 Å². The fraction of sp³-hybridized carbons (Fsp3) is 0.360. The number of nitrogens with zero attached hydrogens (tertiary/aromatic N) is 6. The third kappa shape index (κ3) is 6.41. The summed E-state index contributed by atoms with van der Waals surface area (Å²) in [6.07, 6.45) is -3.07. The van der Waals surface area contributed by atoms with E-state index in [1.165, 1.54) is 35.3 Å². The van der Waals surface area contributed by atoms with Crippen molar-refractivity contribution in [3.63, 3.8) is 0 Å². The Labute approximate surface area is 229 Å². The maximum absolute atomic E-state index is 13.7. The molecule has 0 bridgehead atoms. The molecule has 1 aromatic carbocycles. The van der Waals surface area contributed by atoms with Gasteiger partial charge in [-0.15, -0.1) is 13.2 Å². The van der Waals surface area contributed by atoms with Gasteiger partial charge in [-0.2, -0.15) is 28.6 Å². The van der Waals surface area contributed by atoms with Crippen LogP contribution in [0.4, 0.5) is 31.1 Å². The Bertz CT molecular complexity index is 1410. The van der Waals surface area contributed by atoms with Crippen LogP contribution in [-0.2, 0) is 10.9 Å². The Morgan fingerprint density at radius 1 is 1.30 bits per heavy atom. The smallest absolute Gasteiger partial charge is 0.406 e. The lowest BCUT2D eigenvalue weighted by Crippen LogP contribution is -2.54. The number of alkyl halides is 6. The maximum Gasteiger partial charge on any atom is 0.573 e. The number of rotatable bonds is 5. The number of carbonyl (C=O) groups is 1. The maximum atomic E-state index is 13.7. The molecule has 0 radical (unpaired) electrons. The number of halogens is 7. The van der Waals surface area contributed by atoms with E-state index in [-0.39, 0.29) is 30.7 Å². The summed E-state index contributed by atoms with van der Waals surface area (Å²) in [5.74, 6) is -0.460. The van der Waals surface area contributed by atoms with Crippen molar-refractivity contribution in [3.8, 4) is 6.07 Å². The SMILES string of the molecule is CC1(N(CC#N)C(=O)N2CCC(n3cc(Cl)cn3)C(c3cccc(C(F)(F)F)c3)=N2)C=CC(OC(F)(F)F)=CC1. The second-order valence-corrected chi connectivity index (χ2v) is 9.64. The lowest BCUT2D eigenvalue weighted by Gasteiger charge is -2.41. The van der Waals surface area contributed by atoms with E-state index in [1.54, 1.807) is 6.92 Å². The molecule has 2 amide bonds. The average molecular weight is 587 g/mol. The third-order valence-corrected chi connectivity index (χ3v) is 6.58. The first-order valence-corrected chi connectivity index (χ1v) is 12.1. The van der Waals surface area contributed by atoms with Crippen molar-refractivity contribution in [2.24, 2.45) is 5.10 Å². The molecule has 0 N–H and O–H groups in total. The molecule has 212 valence electrons. The minimum atomic E-state index is -4.90. The summed E-state index contributed by atoms with van der Waals surface area (Å²) >= 11 is 6.00. The van der Waals surface area contributed by atoms with Gasteiger partial charge in [0.25, 0.3) is 0 Å². The Morgan fingerprint density at radius 2 is 2.05 bits per heavy atom. The molecule has 2 unspecified atom stereocenters. The van der Waals surface area contributed by atoms with Gasteiger partial charge >= 0.3 is 18.6 Å². The van der Waals surface area contributed by atoms with E-state index < -0.39 is 48.0 Å². The number of hydrogen-bond acceptors (Lipinski definition) is 5. The Kier molecular flexibility index (Phi) is 7.89. The van der Waals surface area contributed by atoms with Gasteiger partial charge in [0.1, 0.15) is 12.3 Å². The van der Waals surface area contributed by atoms with Crippen LogP contribution in [0.3, 0.4) is 0 Å². The van der Waals surface area contributed by atoms with E-state index in [9.17, 15) is 36.4 Å². The zero-order valence-corrected chi connectivity index (χ0v) is 21.5. The van der Waals surface area contributed by atoms with Crippen molar-refractivity contribution in [1.82, 2.24) is 19.7 Å². The molecule has 1 aliphatic carbocycles. The monoisotopic (exact) mass is 586 g/mol. The van der Waals surface area contributed by atoms with Crippen LogP contribution in [0.2, 0.25) is 5.02 Å². The van der Waals surface area contributed by atoms with Crippen LogP contribution in [0.5, 0.6) is 0 Å². The largest absolute Gasteiger partial charge is 0.573 e.